The van der Waals surface area contributed by atoms with Gasteiger partial charge in [-0.1, -0.05) is 11.6 Å². The molecule has 1 unspecified atom stereocenters. The second kappa shape index (κ2) is 9.79. The van der Waals surface area contributed by atoms with Crippen molar-refractivity contribution in [1.82, 2.24) is 5.32 Å². The van der Waals surface area contributed by atoms with E-state index in [1.165, 1.54) is 24.3 Å². The highest BCUT2D eigenvalue weighted by Gasteiger charge is 2.50. The SMILES string of the molecule is O=C(NCC1CCC(c2cc(F)ccc2F)(S(=O)(=O)c2ccc(Cl)cc2)CC1)C(O)C(F)(F)F. The van der Waals surface area contributed by atoms with Gasteiger partial charge in [0.15, 0.2) is 9.84 Å². The molecular formula is C22H21ClF5NO4S. The lowest BCUT2D eigenvalue weighted by atomic mass is 9.77. The van der Waals surface area contributed by atoms with Crippen LogP contribution in [-0.4, -0.2) is 38.3 Å². The lowest BCUT2D eigenvalue weighted by Gasteiger charge is -2.40. The molecule has 1 aliphatic carbocycles. The minimum atomic E-state index is -5.12. The van der Waals surface area contributed by atoms with Crippen LogP contribution in [0, 0.1) is 17.6 Å². The molecule has 0 bridgehead atoms. The topological polar surface area (TPSA) is 83.5 Å². The number of carbonyl (C=O) groups excluding carboxylic acids is 1. The lowest BCUT2D eigenvalue weighted by molar-refractivity contribution is -0.205. The molecule has 0 aliphatic heterocycles. The van der Waals surface area contributed by atoms with Crippen LogP contribution in [-0.2, 0) is 19.4 Å². The van der Waals surface area contributed by atoms with Crippen LogP contribution in [0.5, 0.6) is 0 Å². The Bertz CT molecular complexity index is 1150. The number of alkyl halides is 3. The first-order valence-corrected chi connectivity index (χ1v) is 12.1. The summed E-state index contributed by atoms with van der Waals surface area (Å²) in [5, 5.41) is 11.3. The van der Waals surface area contributed by atoms with E-state index in [2.05, 4.69) is 0 Å². The van der Waals surface area contributed by atoms with E-state index in [0.29, 0.717) is 0 Å². The van der Waals surface area contributed by atoms with E-state index in [1.807, 2.05) is 5.32 Å². The Morgan fingerprint density at radius 3 is 2.26 bits per heavy atom. The van der Waals surface area contributed by atoms with Crippen molar-refractivity contribution in [1.29, 1.82) is 0 Å². The monoisotopic (exact) mass is 525 g/mol. The lowest BCUT2D eigenvalue weighted by Crippen LogP contribution is -2.47. The first-order valence-electron chi connectivity index (χ1n) is 10.3. The summed E-state index contributed by atoms with van der Waals surface area (Å²) in [5.41, 5.74) is -0.336. The molecule has 0 radical (unpaired) electrons. The Balaban J connectivity index is 1.89. The minimum absolute atomic E-state index is 0.0885. The van der Waals surface area contributed by atoms with Crippen LogP contribution in [0.25, 0.3) is 0 Å². The fourth-order valence-corrected chi connectivity index (χ4v) is 6.50. The van der Waals surface area contributed by atoms with Crippen LogP contribution >= 0.6 is 11.6 Å². The first-order chi connectivity index (χ1) is 15.8. The van der Waals surface area contributed by atoms with Gasteiger partial charge in [0, 0.05) is 17.1 Å². The van der Waals surface area contributed by atoms with E-state index in [1.54, 1.807) is 0 Å². The molecule has 1 saturated carbocycles. The van der Waals surface area contributed by atoms with Gasteiger partial charge < -0.3 is 10.4 Å². The minimum Gasteiger partial charge on any atom is -0.376 e. The quantitative estimate of drug-likeness (QED) is 0.543. The predicted molar refractivity (Wildman–Crippen MR) is 114 cm³/mol. The number of sulfone groups is 1. The van der Waals surface area contributed by atoms with Gasteiger partial charge in [-0.25, -0.2) is 17.2 Å². The third-order valence-corrected chi connectivity index (χ3v) is 8.90. The van der Waals surface area contributed by atoms with Crippen molar-refractivity contribution in [3.05, 3.63) is 64.7 Å². The zero-order chi connectivity index (χ0) is 25.3. The smallest absolute Gasteiger partial charge is 0.376 e. The second-order valence-corrected chi connectivity index (χ2v) is 10.9. The molecule has 3 rings (SSSR count). The molecule has 12 heteroatoms. The van der Waals surface area contributed by atoms with Gasteiger partial charge in [0.1, 0.15) is 16.4 Å². The average Bonchev–Trinajstić information content (AvgIpc) is 2.78. The summed E-state index contributed by atoms with van der Waals surface area (Å²) < 4.78 is 91.9. The maximum absolute atomic E-state index is 14.8. The number of hydrogen-bond acceptors (Lipinski definition) is 4. The number of halogens is 6. The van der Waals surface area contributed by atoms with Crippen molar-refractivity contribution in [3.8, 4) is 0 Å². The third-order valence-electron chi connectivity index (χ3n) is 6.09. The van der Waals surface area contributed by atoms with Gasteiger partial charge in [0.25, 0.3) is 5.91 Å². The van der Waals surface area contributed by atoms with Gasteiger partial charge in [-0.15, -0.1) is 0 Å². The van der Waals surface area contributed by atoms with Gasteiger partial charge in [-0.2, -0.15) is 13.2 Å². The van der Waals surface area contributed by atoms with Crippen LogP contribution in [0.1, 0.15) is 31.2 Å². The zero-order valence-corrected chi connectivity index (χ0v) is 19.2. The molecule has 0 aromatic heterocycles. The van der Waals surface area contributed by atoms with Crippen molar-refractivity contribution in [2.45, 2.75) is 47.6 Å². The summed E-state index contributed by atoms with van der Waals surface area (Å²) in [7, 11) is -4.26. The highest BCUT2D eigenvalue weighted by atomic mass is 35.5. The highest BCUT2D eigenvalue weighted by Crippen LogP contribution is 2.49. The maximum atomic E-state index is 14.8. The molecular weight excluding hydrogens is 505 g/mol. The highest BCUT2D eigenvalue weighted by molar-refractivity contribution is 7.92. The van der Waals surface area contributed by atoms with Gasteiger partial charge in [-0.05, 0) is 74.1 Å². The molecule has 2 N–H and O–H groups in total. The molecule has 186 valence electrons. The average molecular weight is 526 g/mol. The summed E-state index contributed by atoms with van der Waals surface area (Å²) in [5.74, 6) is -3.78. The summed E-state index contributed by atoms with van der Waals surface area (Å²) in [4.78, 5) is 11.4. The summed E-state index contributed by atoms with van der Waals surface area (Å²) in [6.45, 7) is -0.241. The van der Waals surface area contributed by atoms with Crippen LogP contribution in [0.2, 0.25) is 5.02 Å². The number of amides is 1. The summed E-state index contributed by atoms with van der Waals surface area (Å²) in [6.07, 6.45) is -8.45. The Kier molecular flexibility index (Phi) is 7.59. The van der Waals surface area contributed by atoms with E-state index in [4.69, 9.17) is 16.7 Å². The molecule has 34 heavy (non-hydrogen) atoms. The number of carbonyl (C=O) groups is 1. The molecule has 2 aromatic rings. The number of hydrogen-bond donors (Lipinski definition) is 2. The molecule has 5 nitrogen and oxygen atoms in total. The molecule has 1 fully saturated rings. The van der Waals surface area contributed by atoms with E-state index in [0.717, 1.165) is 18.2 Å². The second-order valence-electron chi connectivity index (χ2n) is 8.21. The zero-order valence-electron chi connectivity index (χ0n) is 17.6. The number of aliphatic hydroxyl groups excluding tert-OH is 1. The van der Waals surface area contributed by atoms with Crippen LogP contribution in [0.3, 0.4) is 0 Å². The largest absolute Gasteiger partial charge is 0.423 e. The van der Waals surface area contributed by atoms with E-state index < -0.39 is 50.3 Å². The number of rotatable bonds is 6. The van der Waals surface area contributed by atoms with Crippen molar-refractivity contribution in [2.75, 3.05) is 6.54 Å². The summed E-state index contributed by atoms with van der Waals surface area (Å²) >= 11 is 5.85. The van der Waals surface area contributed by atoms with Crippen LogP contribution in [0.4, 0.5) is 22.0 Å². The van der Waals surface area contributed by atoms with Gasteiger partial charge in [0.2, 0.25) is 6.10 Å². The summed E-state index contributed by atoms with van der Waals surface area (Å²) in [6, 6.07) is 7.80. The normalized spacial score (nSPS) is 22.3. The standard InChI is InChI=1S/C22H21ClF5NO4S/c23-14-1-4-16(5-2-14)34(32,33)21(17-11-15(24)3-6-18(17)25)9-7-13(8-10-21)12-29-20(31)19(30)22(26,27)28/h1-6,11,13,19,30H,7-10,12H2,(H,29,31). The molecule has 1 aliphatic rings. The van der Waals surface area contributed by atoms with Gasteiger partial charge >= 0.3 is 6.18 Å². The van der Waals surface area contributed by atoms with Crippen molar-refractivity contribution >= 4 is 27.3 Å². The molecule has 0 heterocycles. The van der Waals surface area contributed by atoms with Crippen LogP contribution in [0.15, 0.2) is 47.4 Å². The van der Waals surface area contributed by atoms with Crippen molar-refractivity contribution in [2.24, 2.45) is 5.92 Å². The molecule has 2 aromatic carbocycles. The number of benzene rings is 2. The first kappa shape index (κ1) is 26.4. The Labute approximate surface area is 197 Å². The number of aliphatic hydroxyl groups is 1. The third kappa shape index (κ3) is 5.21. The Hall–Kier alpha value is -2.24. The van der Waals surface area contributed by atoms with E-state index in [9.17, 15) is 35.2 Å². The molecule has 0 saturated heterocycles. The van der Waals surface area contributed by atoms with Gasteiger partial charge in [-0.3, -0.25) is 4.79 Å². The van der Waals surface area contributed by atoms with E-state index >= 15 is 0 Å². The fraction of sp³-hybridized carbons (Fsp3) is 0.409. The van der Waals surface area contributed by atoms with Gasteiger partial charge in [0.05, 0.1) is 4.90 Å². The maximum Gasteiger partial charge on any atom is 0.423 e. The Morgan fingerprint density at radius 2 is 1.71 bits per heavy atom. The molecule has 1 amide bonds. The van der Waals surface area contributed by atoms with Crippen LogP contribution < -0.4 is 5.32 Å². The molecule has 1 atom stereocenters. The van der Waals surface area contributed by atoms with Crippen molar-refractivity contribution < 1.29 is 40.3 Å². The fourth-order valence-electron chi connectivity index (χ4n) is 4.21. The Morgan fingerprint density at radius 1 is 1.12 bits per heavy atom. The van der Waals surface area contributed by atoms with Crippen molar-refractivity contribution in [3.63, 3.8) is 0 Å². The van der Waals surface area contributed by atoms with E-state index in [-0.39, 0.29) is 47.7 Å². The predicted octanol–water partition coefficient (Wildman–Crippen LogP) is 4.52. The molecule has 0 spiro atoms. The number of nitrogens with one attached hydrogen (secondary N) is 1.